The first-order valence-corrected chi connectivity index (χ1v) is 8.97. The second-order valence-electron chi connectivity index (χ2n) is 6.54. The zero-order chi connectivity index (χ0) is 21.3. The highest BCUT2D eigenvalue weighted by molar-refractivity contribution is 6.12. The van der Waals surface area contributed by atoms with E-state index in [9.17, 15) is 14.9 Å². The van der Waals surface area contributed by atoms with Gasteiger partial charge in [0.2, 0.25) is 5.90 Å². The van der Waals surface area contributed by atoms with E-state index in [0.717, 1.165) is 5.56 Å². The van der Waals surface area contributed by atoms with Gasteiger partial charge in [-0.3, -0.25) is 10.1 Å². The fourth-order valence-electron chi connectivity index (χ4n) is 2.94. The number of ether oxygens (including phenoxy) is 2. The van der Waals surface area contributed by atoms with Gasteiger partial charge in [0, 0.05) is 11.6 Å². The summed E-state index contributed by atoms with van der Waals surface area (Å²) in [6.07, 6.45) is 1.43. The van der Waals surface area contributed by atoms with Crippen LogP contribution in [0.5, 0.6) is 5.75 Å². The number of aliphatic imine (C=N–C) groups is 1. The molecule has 0 amide bonds. The summed E-state index contributed by atoms with van der Waals surface area (Å²) in [5, 5.41) is 11.4. The number of furan rings is 1. The second kappa shape index (κ2) is 7.67. The Morgan fingerprint density at radius 2 is 1.87 bits per heavy atom. The minimum absolute atomic E-state index is 0.0794. The number of carbonyl (C=O) groups is 1. The Kier molecular flexibility index (Phi) is 4.89. The first-order valence-electron chi connectivity index (χ1n) is 8.97. The molecule has 8 nitrogen and oxygen atoms in total. The molecular weight excluding hydrogens is 388 g/mol. The van der Waals surface area contributed by atoms with E-state index in [4.69, 9.17) is 13.9 Å². The Hall–Kier alpha value is -4.20. The molecule has 0 fully saturated rings. The number of hydrogen-bond acceptors (Lipinski definition) is 7. The van der Waals surface area contributed by atoms with Crippen LogP contribution in [0.25, 0.3) is 17.4 Å². The van der Waals surface area contributed by atoms with Crippen LogP contribution in [0.3, 0.4) is 0 Å². The van der Waals surface area contributed by atoms with Crippen LogP contribution in [0, 0.1) is 17.0 Å². The van der Waals surface area contributed by atoms with Crippen LogP contribution in [0.2, 0.25) is 0 Å². The second-order valence-corrected chi connectivity index (χ2v) is 6.54. The van der Waals surface area contributed by atoms with Gasteiger partial charge in [0.15, 0.2) is 5.70 Å². The monoisotopic (exact) mass is 404 g/mol. The lowest BCUT2D eigenvalue weighted by molar-refractivity contribution is -0.384. The summed E-state index contributed by atoms with van der Waals surface area (Å²) < 4.78 is 16.0. The summed E-state index contributed by atoms with van der Waals surface area (Å²) in [5.74, 6) is 0.579. The topological polar surface area (TPSA) is 104 Å². The number of methoxy groups -OCH3 is 1. The van der Waals surface area contributed by atoms with E-state index in [0.29, 0.717) is 22.6 Å². The number of benzene rings is 2. The van der Waals surface area contributed by atoms with Gasteiger partial charge >= 0.3 is 5.97 Å². The highest BCUT2D eigenvalue weighted by Gasteiger charge is 2.25. The Balaban J connectivity index is 1.65. The minimum Gasteiger partial charge on any atom is -0.497 e. The van der Waals surface area contributed by atoms with Gasteiger partial charge in [-0.1, -0.05) is 17.7 Å². The summed E-state index contributed by atoms with van der Waals surface area (Å²) in [4.78, 5) is 27.3. The van der Waals surface area contributed by atoms with Gasteiger partial charge < -0.3 is 13.9 Å². The average Bonchev–Trinajstić information content (AvgIpc) is 3.35. The number of nitrogens with zero attached hydrogens (tertiary/aromatic N) is 2. The first-order chi connectivity index (χ1) is 14.4. The van der Waals surface area contributed by atoms with E-state index in [1.54, 1.807) is 24.3 Å². The van der Waals surface area contributed by atoms with Crippen molar-refractivity contribution in [1.29, 1.82) is 0 Å². The molecule has 3 aromatic rings. The van der Waals surface area contributed by atoms with Gasteiger partial charge in [0.25, 0.3) is 5.69 Å². The van der Waals surface area contributed by atoms with Gasteiger partial charge in [0.1, 0.15) is 17.3 Å². The van der Waals surface area contributed by atoms with Crippen LogP contribution in [0.4, 0.5) is 5.69 Å². The molecule has 2 heterocycles. The van der Waals surface area contributed by atoms with Crippen molar-refractivity contribution in [2.75, 3.05) is 7.11 Å². The maximum atomic E-state index is 12.2. The Labute approximate surface area is 171 Å². The Morgan fingerprint density at radius 3 is 2.57 bits per heavy atom. The van der Waals surface area contributed by atoms with Crippen molar-refractivity contribution in [2.24, 2.45) is 4.99 Å². The lowest BCUT2D eigenvalue weighted by Crippen LogP contribution is -2.05. The van der Waals surface area contributed by atoms with Crippen LogP contribution in [-0.4, -0.2) is 23.9 Å². The van der Waals surface area contributed by atoms with E-state index in [-0.39, 0.29) is 23.0 Å². The summed E-state index contributed by atoms with van der Waals surface area (Å²) in [6.45, 7) is 1.96. The van der Waals surface area contributed by atoms with E-state index < -0.39 is 10.9 Å². The third-order valence-electron chi connectivity index (χ3n) is 4.49. The average molecular weight is 404 g/mol. The molecule has 0 saturated carbocycles. The largest absolute Gasteiger partial charge is 0.497 e. The molecule has 1 aliphatic heterocycles. The van der Waals surface area contributed by atoms with Crippen LogP contribution < -0.4 is 4.74 Å². The molecule has 1 aliphatic rings. The van der Waals surface area contributed by atoms with E-state index >= 15 is 0 Å². The number of hydrogen-bond donors (Lipinski definition) is 0. The van der Waals surface area contributed by atoms with Crippen LogP contribution >= 0.6 is 0 Å². The SMILES string of the molecule is COc1ccc(-c2ccc(/C=C3/N=C(c4ccc(C)cc4)OC3=O)o2)c([N+](=O)[O-])c1. The number of carbonyl (C=O) groups excluding carboxylic acids is 1. The van der Waals surface area contributed by atoms with Gasteiger partial charge in [0.05, 0.1) is 23.7 Å². The number of rotatable bonds is 5. The molecule has 2 aromatic carbocycles. The van der Waals surface area contributed by atoms with Crippen molar-refractivity contribution in [3.05, 3.63) is 87.3 Å². The zero-order valence-corrected chi connectivity index (χ0v) is 16.1. The molecular formula is C22H16N2O6. The number of nitro groups is 1. The van der Waals surface area contributed by atoms with Gasteiger partial charge in [-0.25, -0.2) is 9.79 Å². The molecule has 0 radical (unpaired) electrons. The molecule has 4 rings (SSSR count). The molecule has 0 unspecified atom stereocenters. The quantitative estimate of drug-likeness (QED) is 0.268. The van der Waals surface area contributed by atoms with Gasteiger partial charge in [-0.2, -0.15) is 0 Å². The normalized spacial score (nSPS) is 14.5. The molecule has 0 N–H and O–H groups in total. The highest BCUT2D eigenvalue weighted by atomic mass is 16.6. The molecule has 1 aromatic heterocycles. The third kappa shape index (κ3) is 3.70. The van der Waals surface area contributed by atoms with Crippen molar-refractivity contribution >= 4 is 23.6 Å². The van der Waals surface area contributed by atoms with E-state index in [1.165, 1.54) is 19.3 Å². The highest BCUT2D eigenvalue weighted by Crippen LogP contribution is 2.34. The van der Waals surface area contributed by atoms with Crippen LogP contribution in [-0.2, 0) is 9.53 Å². The van der Waals surface area contributed by atoms with E-state index in [1.807, 2.05) is 31.2 Å². The van der Waals surface area contributed by atoms with Crippen molar-refractivity contribution in [1.82, 2.24) is 0 Å². The van der Waals surface area contributed by atoms with Crippen molar-refractivity contribution < 1.29 is 23.6 Å². The minimum atomic E-state index is -0.598. The molecule has 0 spiro atoms. The fraction of sp³-hybridized carbons (Fsp3) is 0.0909. The van der Waals surface area contributed by atoms with Crippen molar-refractivity contribution in [3.8, 4) is 17.1 Å². The lowest BCUT2D eigenvalue weighted by Gasteiger charge is -2.03. The molecule has 0 aliphatic carbocycles. The lowest BCUT2D eigenvalue weighted by atomic mass is 10.1. The van der Waals surface area contributed by atoms with Crippen LogP contribution in [0.1, 0.15) is 16.9 Å². The number of esters is 1. The zero-order valence-electron chi connectivity index (χ0n) is 16.1. The Bertz CT molecular complexity index is 1200. The summed E-state index contributed by atoms with van der Waals surface area (Å²) >= 11 is 0. The maximum Gasteiger partial charge on any atom is 0.363 e. The fourth-order valence-corrected chi connectivity index (χ4v) is 2.94. The smallest absolute Gasteiger partial charge is 0.363 e. The summed E-state index contributed by atoms with van der Waals surface area (Å²) in [7, 11) is 1.43. The van der Waals surface area contributed by atoms with Gasteiger partial charge in [-0.15, -0.1) is 0 Å². The van der Waals surface area contributed by atoms with Gasteiger partial charge in [-0.05, 0) is 43.3 Å². The number of cyclic esters (lactones) is 1. The summed E-state index contributed by atoms with van der Waals surface area (Å²) in [5.41, 5.74) is 1.99. The number of nitro benzene ring substituents is 1. The predicted molar refractivity (Wildman–Crippen MR) is 109 cm³/mol. The molecule has 0 saturated heterocycles. The molecule has 8 heteroatoms. The molecule has 150 valence electrons. The summed E-state index contributed by atoms with van der Waals surface area (Å²) in [6, 6.07) is 15.1. The third-order valence-corrected chi connectivity index (χ3v) is 4.49. The standard InChI is InChI=1S/C22H16N2O6/c1-13-3-5-14(6-4-13)21-23-18(22(25)30-21)11-16-8-10-20(29-16)17-9-7-15(28-2)12-19(17)24(26)27/h3-12H,1-2H3/b18-11+. The molecule has 30 heavy (non-hydrogen) atoms. The van der Waals surface area contributed by atoms with Crippen molar-refractivity contribution in [2.45, 2.75) is 6.92 Å². The van der Waals surface area contributed by atoms with Crippen LogP contribution in [0.15, 0.2) is 69.7 Å². The number of aryl methyl sites for hydroxylation is 1. The molecule has 0 bridgehead atoms. The van der Waals surface area contributed by atoms with Crippen molar-refractivity contribution in [3.63, 3.8) is 0 Å². The first kappa shape index (κ1) is 19.1. The Morgan fingerprint density at radius 1 is 1.10 bits per heavy atom. The molecule has 0 atom stereocenters. The van der Waals surface area contributed by atoms with E-state index in [2.05, 4.69) is 4.99 Å². The predicted octanol–water partition coefficient (Wildman–Crippen LogP) is 4.52. The maximum absolute atomic E-state index is 12.2.